The highest BCUT2D eigenvalue weighted by Gasteiger charge is 2.36. The molecule has 0 spiro atoms. The zero-order valence-corrected chi connectivity index (χ0v) is 8.72. The fraction of sp³-hybridized carbons (Fsp3) is 0.900. The number of carbonyl (C=O) groups excluding carboxylic acids is 1. The zero-order valence-electron chi connectivity index (χ0n) is 8.72. The first-order valence-electron chi connectivity index (χ1n) is 4.92. The second kappa shape index (κ2) is 4.09. The number of ether oxygens (including phenoxy) is 1. The molecular formula is C10H19NO2. The minimum atomic E-state index is -0.272. The van der Waals surface area contributed by atoms with Crippen molar-refractivity contribution in [2.45, 2.75) is 38.7 Å². The van der Waals surface area contributed by atoms with Crippen molar-refractivity contribution < 1.29 is 9.53 Å². The van der Waals surface area contributed by atoms with Crippen molar-refractivity contribution in [1.29, 1.82) is 0 Å². The van der Waals surface area contributed by atoms with Crippen molar-refractivity contribution >= 4 is 5.97 Å². The van der Waals surface area contributed by atoms with E-state index in [1.54, 1.807) is 7.05 Å². The lowest BCUT2D eigenvalue weighted by atomic mass is 9.74. The molecule has 1 aliphatic rings. The van der Waals surface area contributed by atoms with Gasteiger partial charge >= 0.3 is 5.97 Å². The van der Waals surface area contributed by atoms with Crippen LogP contribution < -0.4 is 5.32 Å². The number of hydrogen-bond donors (Lipinski definition) is 1. The summed E-state index contributed by atoms with van der Waals surface area (Å²) >= 11 is 0. The topological polar surface area (TPSA) is 38.3 Å². The van der Waals surface area contributed by atoms with Gasteiger partial charge in [0.25, 0.3) is 0 Å². The molecule has 0 radical (unpaired) electrons. The summed E-state index contributed by atoms with van der Waals surface area (Å²) in [6, 6.07) is 0. The quantitative estimate of drug-likeness (QED) is 0.671. The maximum absolute atomic E-state index is 11.2. The van der Waals surface area contributed by atoms with Gasteiger partial charge in [-0.2, -0.15) is 0 Å². The minimum Gasteiger partial charge on any atom is -0.458 e. The summed E-state index contributed by atoms with van der Waals surface area (Å²) in [7, 11) is 1.75. The van der Waals surface area contributed by atoms with Crippen LogP contribution in [0.2, 0.25) is 0 Å². The first-order valence-corrected chi connectivity index (χ1v) is 4.92. The average Bonchev–Trinajstić information content (AvgIpc) is 1.79. The lowest BCUT2D eigenvalue weighted by Gasteiger charge is -2.39. The summed E-state index contributed by atoms with van der Waals surface area (Å²) in [4.78, 5) is 11.2. The lowest BCUT2D eigenvalue weighted by Crippen LogP contribution is -2.42. The molecule has 13 heavy (non-hydrogen) atoms. The molecule has 1 fully saturated rings. The van der Waals surface area contributed by atoms with E-state index in [9.17, 15) is 4.79 Å². The van der Waals surface area contributed by atoms with Crippen molar-refractivity contribution in [3.63, 3.8) is 0 Å². The Balaban J connectivity index is 2.36. The predicted octanol–water partition coefficient (Wildman–Crippen LogP) is 1.33. The Morgan fingerprint density at radius 3 is 2.54 bits per heavy atom. The van der Waals surface area contributed by atoms with E-state index < -0.39 is 0 Å². The van der Waals surface area contributed by atoms with Crippen LogP contribution in [0.3, 0.4) is 0 Å². The second-order valence-corrected chi connectivity index (χ2v) is 4.24. The fourth-order valence-corrected chi connectivity index (χ4v) is 1.66. The van der Waals surface area contributed by atoms with E-state index in [0.29, 0.717) is 12.5 Å². The molecular weight excluding hydrogens is 166 g/mol. The zero-order chi connectivity index (χ0) is 9.90. The molecule has 0 amide bonds. The van der Waals surface area contributed by atoms with Crippen LogP contribution in [0, 0.1) is 5.92 Å². The molecule has 3 heteroatoms. The molecule has 1 rings (SSSR count). The standard InChI is InChI=1S/C10H19NO2/c1-10(2,8-5-4-6-8)13-9(12)7-11-3/h8,11H,4-7H2,1-3H3. The van der Waals surface area contributed by atoms with Crippen LogP contribution in [-0.2, 0) is 9.53 Å². The maximum Gasteiger partial charge on any atom is 0.320 e. The molecule has 1 aliphatic carbocycles. The Bertz CT molecular complexity index is 185. The first-order chi connectivity index (χ1) is 6.06. The molecule has 1 saturated carbocycles. The van der Waals surface area contributed by atoms with E-state index in [1.165, 1.54) is 19.3 Å². The third-order valence-electron chi connectivity index (χ3n) is 2.79. The smallest absolute Gasteiger partial charge is 0.320 e. The maximum atomic E-state index is 11.2. The predicted molar refractivity (Wildman–Crippen MR) is 51.4 cm³/mol. The van der Waals surface area contributed by atoms with E-state index in [-0.39, 0.29) is 11.6 Å². The summed E-state index contributed by atoms with van der Waals surface area (Å²) in [5.74, 6) is 0.410. The van der Waals surface area contributed by atoms with Gasteiger partial charge in [0.2, 0.25) is 0 Å². The molecule has 1 N–H and O–H groups in total. The number of hydrogen-bond acceptors (Lipinski definition) is 3. The normalized spacial score (nSPS) is 18.1. The minimum absolute atomic E-state index is 0.153. The summed E-state index contributed by atoms with van der Waals surface area (Å²) in [5.41, 5.74) is -0.272. The highest BCUT2D eigenvalue weighted by molar-refractivity contribution is 5.72. The van der Waals surface area contributed by atoms with Crippen LogP contribution in [0.4, 0.5) is 0 Å². The van der Waals surface area contributed by atoms with Crippen LogP contribution in [0.5, 0.6) is 0 Å². The number of likely N-dealkylation sites (N-methyl/N-ethyl adjacent to an activating group) is 1. The van der Waals surface area contributed by atoms with Gasteiger partial charge in [-0.1, -0.05) is 6.42 Å². The highest BCUT2D eigenvalue weighted by atomic mass is 16.6. The Morgan fingerprint density at radius 1 is 1.54 bits per heavy atom. The van der Waals surface area contributed by atoms with Gasteiger partial charge in [0.15, 0.2) is 0 Å². The molecule has 0 saturated heterocycles. The van der Waals surface area contributed by atoms with Crippen molar-refractivity contribution in [1.82, 2.24) is 5.32 Å². The number of carbonyl (C=O) groups is 1. The Kier molecular flexibility index (Phi) is 3.31. The largest absolute Gasteiger partial charge is 0.458 e. The van der Waals surface area contributed by atoms with E-state index in [1.807, 2.05) is 13.8 Å². The summed E-state index contributed by atoms with van der Waals surface area (Å²) in [6.07, 6.45) is 3.66. The Hall–Kier alpha value is -0.570. The van der Waals surface area contributed by atoms with E-state index in [4.69, 9.17) is 4.74 Å². The summed E-state index contributed by atoms with van der Waals surface area (Å²) < 4.78 is 5.38. The summed E-state index contributed by atoms with van der Waals surface area (Å²) in [6.45, 7) is 4.31. The number of nitrogens with one attached hydrogen (secondary N) is 1. The van der Waals surface area contributed by atoms with Gasteiger partial charge in [0.05, 0.1) is 6.54 Å². The molecule has 76 valence electrons. The van der Waals surface area contributed by atoms with Crippen LogP contribution in [0.15, 0.2) is 0 Å². The fourth-order valence-electron chi connectivity index (χ4n) is 1.66. The molecule has 0 atom stereocenters. The van der Waals surface area contributed by atoms with Crippen LogP contribution in [0.25, 0.3) is 0 Å². The van der Waals surface area contributed by atoms with E-state index in [0.717, 1.165) is 0 Å². The van der Waals surface area contributed by atoms with Crippen molar-refractivity contribution in [3.8, 4) is 0 Å². The second-order valence-electron chi connectivity index (χ2n) is 4.24. The number of rotatable bonds is 4. The molecule has 0 aliphatic heterocycles. The lowest BCUT2D eigenvalue weighted by molar-refractivity contribution is -0.163. The molecule has 0 unspecified atom stereocenters. The van der Waals surface area contributed by atoms with Gasteiger partial charge in [0, 0.05) is 0 Å². The van der Waals surface area contributed by atoms with Crippen LogP contribution >= 0.6 is 0 Å². The van der Waals surface area contributed by atoms with E-state index in [2.05, 4.69) is 5.32 Å². The molecule has 3 nitrogen and oxygen atoms in total. The monoisotopic (exact) mass is 185 g/mol. The van der Waals surface area contributed by atoms with Crippen molar-refractivity contribution in [3.05, 3.63) is 0 Å². The van der Waals surface area contributed by atoms with E-state index >= 15 is 0 Å². The first kappa shape index (κ1) is 10.5. The Labute approximate surface area is 79.8 Å². The number of esters is 1. The SMILES string of the molecule is CNCC(=O)OC(C)(C)C1CCC1. The average molecular weight is 185 g/mol. The molecule has 0 aromatic carbocycles. The van der Waals surface area contributed by atoms with Gasteiger partial charge in [-0.25, -0.2) is 0 Å². The van der Waals surface area contributed by atoms with Gasteiger partial charge in [-0.3, -0.25) is 4.79 Å². The third-order valence-corrected chi connectivity index (χ3v) is 2.79. The van der Waals surface area contributed by atoms with Gasteiger partial charge in [-0.05, 0) is 39.7 Å². The molecule has 0 heterocycles. The molecule has 0 aromatic heterocycles. The van der Waals surface area contributed by atoms with Gasteiger partial charge in [-0.15, -0.1) is 0 Å². The van der Waals surface area contributed by atoms with Gasteiger partial charge in [0.1, 0.15) is 5.60 Å². The van der Waals surface area contributed by atoms with Gasteiger partial charge < -0.3 is 10.1 Å². The van der Waals surface area contributed by atoms with Crippen molar-refractivity contribution in [2.24, 2.45) is 5.92 Å². The summed E-state index contributed by atoms with van der Waals surface area (Å²) in [5, 5.41) is 2.79. The highest BCUT2D eigenvalue weighted by Crippen LogP contribution is 2.37. The third kappa shape index (κ3) is 2.69. The van der Waals surface area contributed by atoms with Crippen LogP contribution in [0.1, 0.15) is 33.1 Å². The molecule has 0 bridgehead atoms. The van der Waals surface area contributed by atoms with Crippen LogP contribution in [-0.4, -0.2) is 25.2 Å². The van der Waals surface area contributed by atoms with Crippen molar-refractivity contribution in [2.75, 3.05) is 13.6 Å². The molecule has 0 aromatic rings. The Morgan fingerprint density at radius 2 is 2.15 bits per heavy atom.